The zero-order valence-corrected chi connectivity index (χ0v) is 14.9. The van der Waals surface area contributed by atoms with Gasteiger partial charge in [-0.15, -0.1) is 0 Å². The highest BCUT2D eigenvalue weighted by molar-refractivity contribution is 6.02. The van der Waals surface area contributed by atoms with Crippen molar-refractivity contribution in [3.63, 3.8) is 0 Å². The monoisotopic (exact) mass is 392 g/mol. The maximum absolute atomic E-state index is 13.3. The van der Waals surface area contributed by atoms with Gasteiger partial charge in [-0.2, -0.15) is 0 Å². The van der Waals surface area contributed by atoms with Gasteiger partial charge in [0.25, 0.3) is 0 Å². The maximum atomic E-state index is 13.3. The van der Waals surface area contributed by atoms with E-state index in [1.807, 2.05) is 0 Å². The molecule has 0 spiro atoms. The van der Waals surface area contributed by atoms with Crippen LogP contribution in [0, 0.1) is 11.6 Å². The van der Waals surface area contributed by atoms with E-state index in [9.17, 15) is 23.8 Å². The number of nitrogens with zero attached hydrogens (tertiary/aromatic N) is 2. The Hall–Kier alpha value is -3.87. The second kappa shape index (κ2) is 7.27. The predicted octanol–water partition coefficient (Wildman–Crippen LogP) is 4.57. The number of pyridine rings is 2. The van der Waals surface area contributed by atoms with Gasteiger partial charge in [0.05, 0.1) is 5.69 Å². The quantitative estimate of drug-likeness (QED) is 0.532. The number of halogens is 2. The van der Waals surface area contributed by atoms with Gasteiger partial charge in [-0.3, -0.25) is 4.98 Å². The van der Waals surface area contributed by atoms with Gasteiger partial charge in [0.1, 0.15) is 17.2 Å². The fourth-order valence-electron chi connectivity index (χ4n) is 3.13. The van der Waals surface area contributed by atoms with Crippen molar-refractivity contribution in [1.82, 2.24) is 9.97 Å². The highest BCUT2D eigenvalue weighted by Crippen LogP contribution is 2.34. The number of carbonyl (C=O) groups is 1. The van der Waals surface area contributed by atoms with Crippen LogP contribution in [0.4, 0.5) is 8.78 Å². The molecule has 7 heteroatoms. The third kappa shape index (κ3) is 3.62. The molecule has 4 rings (SSSR count). The SMILES string of the molecule is O=C(O)c1nc(-c2ccc(F)cc2)c2cc(Cc3ccc(F)cc3)cnc2c1O. The molecule has 0 saturated carbocycles. The van der Waals surface area contributed by atoms with E-state index < -0.39 is 23.2 Å². The lowest BCUT2D eigenvalue weighted by Gasteiger charge is -2.11. The third-order valence-electron chi connectivity index (χ3n) is 4.51. The largest absolute Gasteiger partial charge is 0.504 e. The highest BCUT2D eigenvalue weighted by Gasteiger charge is 2.20. The molecule has 0 amide bonds. The number of carboxylic acid groups (broad SMARTS) is 1. The minimum Gasteiger partial charge on any atom is -0.504 e. The number of rotatable bonds is 4. The molecule has 2 heterocycles. The average Bonchev–Trinajstić information content (AvgIpc) is 2.71. The fraction of sp³-hybridized carbons (Fsp3) is 0.0455. The first-order chi connectivity index (χ1) is 13.9. The number of carboxylic acids is 1. The van der Waals surface area contributed by atoms with Gasteiger partial charge in [-0.25, -0.2) is 18.6 Å². The standard InChI is InChI=1S/C22H14F2N2O3/c23-15-5-1-12(2-6-15)9-13-10-17-18(14-3-7-16(24)8-4-14)26-20(22(28)29)21(27)19(17)25-11-13/h1-8,10-11,27H,9H2,(H,28,29). The van der Waals surface area contributed by atoms with Gasteiger partial charge >= 0.3 is 5.97 Å². The summed E-state index contributed by atoms with van der Waals surface area (Å²) in [4.78, 5) is 19.8. The molecule has 5 nitrogen and oxygen atoms in total. The van der Waals surface area contributed by atoms with E-state index in [-0.39, 0.29) is 17.0 Å². The molecule has 0 aliphatic rings. The molecule has 29 heavy (non-hydrogen) atoms. The molecule has 0 radical (unpaired) electrons. The molecule has 0 aliphatic carbocycles. The first-order valence-electron chi connectivity index (χ1n) is 8.67. The maximum Gasteiger partial charge on any atom is 0.358 e. The first kappa shape index (κ1) is 18.5. The number of hydrogen-bond acceptors (Lipinski definition) is 4. The van der Waals surface area contributed by atoms with Crippen molar-refractivity contribution in [2.45, 2.75) is 6.42 Å². The summed E-state index contributed by atoms with van der Waals surface area (Å²) in [6, 6.07) is 13.2. The summed E-state index contributed by atoms with van der Waals surface area (Å²) in [5.74, 6) is -2.71. The van der Waals surface area contributed by atoms with Crippen molar-refractivity contribution in [1.29, 1.82) is 0 Å². The molecule has 4 aromatic rings. The smallest absolute Gasteiger partial charge is 0.358 e. The summed E-state index contributed by atoms with van der Waals surface area (Å²) in [6.45, 7) is 0. The van der Waals surface area contributed by atoms with Gasteiger partial charge in [-0.1, -0.05) is 12.1 Å². The normalized spacial score (nSPS) is 11.0. The molecular weight excluding hydrogens is 378 g/mol. The van der Waals surface area contributed by atoms with E-state index in [0.29, 0.717) is 17.4 Å². The van der Waals surface area contributed by atoms with Crippen LogP contribution >= 0.6 is 0 Å². The lowest BCUT2D eigenvalue weighted by Crippen LogP contribution is -2.04. The number of aromatic hydroxyl groups is 1. The minimum absolute atomic E-state index is 0.0829. The van der Waals surface area contributed by atoms with Crippen LogP contribution in [0.25, 0.3) is 22.2 Å². The molecule has 2 aromatic heterocycles. The number of aromatic carboxylic acids is 1. The van der Waals surface area contributed by atoms with Crippen LogP contribution in [-0.2, 0) is 6.42 Å². The Labute approximate surface area is 163 Å². The van der Waals surface area contributed by atoms with E-state index in [2.05, 4.69) is 9.97 Å². The molecule has 0 bridgehead atoms. The van der Waals surface area contributed by atoms with Crippen LogP contribution in [0.1, 0.15) is 21.6 Å². The Balaban J connectivity index is 1.90. The van der Waals surface area contributed by atoms with Crippen molar-refractivity contribution >= 4 is 16.9 Å². The Morgan fingerprint density at radius 1 is 0.931 bits per heavy atom. The van der Waals surface area contributed by atoms with Gasteiger partial charge in [0.2, 0.25) is 0 Å². The van der Waals surface area contributed by atoms with Gasteiger partial charge in [0, 0.05) is 17.1 Å². The Morgan fingerprint density at radius 3 is 2.17 bits per heavy atom. The summed E-state index contributed by atoms with van der Waals surface area (Å²) >= 11 is 0. The van der Waals surface area contributed by atoms with Gasteiger partial charge in [-0.05, 0) is 60.0 Å². The zero-order valence-electron chi connectivity index (χ0n) is 14.9. The minimum atomic E-state index is -1.40. The predicted molar refractivity (Wildman–Crippen MR) is 103 cm³/mol. The van der Waals surface area contributed by atoms with Gasteiger partial charge in [0.15, 0.2) is 11.4 Å². The fourth-order valence-corrected chi connectivity index (χ4v) is 3.13. The summed E-state index contributed by atoms with van der Waals surface area (Å²) < 4.78 is 26.5. The van der Waals surface area contributed by atoms with Crippen molar-refractivity contribution in [3.8, 4) is 17.0 Å². The number of benzene rings is 2. The number of aromatic nitrogens is 2. The van der Waals surface area contributed by atoms with Crippen LogP contribution < -0.4 is 0 Å². The van der Waals surface area contributed by atoms with Gasteiger partial charge < -0.3 is 10.2 Å². The third-order valence-corrected chi connectivity index (χ3v) is 4.51. The van der Waals surface area contributed by atoms with Crippen LogP contribution in [0.3, 0.4) is 0 Å². The van der Waals surface area contributed by atoms with E-state index >= 15 is 0 Å². The molecule has 2 N–H and O–H groups in total. The molecule has 0 aliphatic heterocycles. The summed E-state index contributed by atoms with van der Waals surface area (Å²) in [5.41, 5.74) is 1.92. The molecule has 144 valence electrons. The second-order valence-electron chi connectivity index (χ2n) is 6.51. The summed E-state index contributed by atoms with van der Waals surface area (Å²) in [6.07, 6.45) is 1.97. The summed E-state index contributed by atoms with van der Waals surface area (Å²) in [5, 5.41) is 20.1. The lowest BCUT2D eigenvalue weighted by atomic mass is 10.0. The topological polar surface area (TPSA) is 83.3 Å². The molecular formula is C22H14F2N2O3. The summed E-state index contributed by atoms with van der Waals surface area (Å²) in [7, 11) is 0. The zero-order chi connectivity index (χ0) is 20.5. The average molecular weight is 392 g/mol. The van der Waals surface area contributed by atoms with Crippen LogP contribution in [0.15, 0.2) is 60.8 Å². The lowest BCUT2D eigenvalue weighted by molar-refractivity contribution is 0.0687. The van der Waals surface area contributed by atoms with Crippen molar-refractivity contribution in [2.24, 2.45) is 0 Å². The van der Waals surface area contributed by atoms with E-state index in [1.165, 1.54) is 42.6 Å². The van der Waals surface area contributed by atoms with Crippen molar-refractivity contribution in [2.75, 3.05) is 0 Å². The highest BCUT2D eigenvalue weighted by atomic mass is 19.1. The van der Waals surface area contributed by atoms with E-state index in [0.717, 1.165) is 11.1 Å². The Morgan fingerprint density at radius 2 is 1.55 bits per heavy atom. The molecule has 0 fully saturated rings. The molecule has 0 atom stereocenters. The molecule has 0 saturated heterocycles. The first-order valence-corrected chi connectivity index (χ1v) is 8.67. The Kier molecular flexibility index (Phi) is 4.64. The number of hydrogen-bond donors (Lipinski definition) is 2. The second-order valence-corrected chi connectivity index (χ2v) is 6.51. The molecule has 2 aromatic carbocycles. The number of fused-ring (bicyclic) bond motifs is 1. The van der Waals surface area contributed by atoms with E-state index in [4.69, 9.17) is 0 Å². The van der Waals surface area contributed by atoms with Crippen molar-refractivity contribution in [3.05, 3.63) is 89.2 Å². The molecule has 0 unspecified atom stereocenters. The van der Waals surface area contributed by atoms with E-state index in [1.54, 1.807) is 18.2 Å². The Bertz CT molecular complexity index is 1220. The van der Waals surface area contributed by atoms with Crippen LogP contribution in [0.2, 0.25) is 0 Å². The van der Waals surface area contributed by atoms with Crippen molar-refractivity contribution < 1.29 is 23.8 Å². The van der Waals surface area contributed by atoms with Crippen LogP contribution in [0.5, 0.6) is 5.75 Å². The van der Waals surface area contributed by atoms with Crippen LogP contribution in [-0.4, -0.2) is 26.2 Å².